The second-order valence-electron chi connectivity index (χ2n) is 10.3. The van der Waals surface area contributed by atoms with Crippen molar-refractivity contribution >= 4 is 12.1 Å². The molecule has 1 saturated heterocycles. The van der Waals surface area contributed by atoms with Gasteiger partial charge in [0.05, 0.1) is 6.61 Å². The van der Waals surface area contributed by atoms with E-state index >= 15 is 0 Å². The fourth-order valence-corrected chi connectivity index (χ4v) is 5.46. The number of esters is 1. The number of carbonyl (C=O) groups is 2. The number of ether oxygens (including phenoxy) is 2. The van der Waals surface area contributed by atoms with E-state index in [0.717, 1.165) is 25.9 Å². The molecule has 0 aromatic heterocycles. The molecule has 1 aliphatic carbocycles. The maximum atomic E-state index is 13.1. The molecule has 0 unspecified atom stereocenters. The average molecular weight is 465 g/mol. The van der Waals surface area contributed by atoms with Gasteiger partial charge in [0.15, 0.2) is 0 Å². The summed E-state index contributed by atoms with van der Waals surface area (Å²) in [5, 5.41) is 0. The van der Waals surface area contributed by atoms with Crippen molar-refractivity contribution in [2.45, 2.75) is 77.4 Å². The minimum absolute atomic E-state index is 0.00370. The summed E-state index contributed by atoms with van der Waals surface area (Å²) in [6, 6.07) is 20.4. The van der Waals surface area contributed by atoms with Crippen molar-refractivity contribution < 1.29 is 19.1 Å². The minimum atomic E-state index is -0.621. The van der Waals surface area contributed by atoms with E-state index in [0.29, 0.717) is 0 Å². The number of rotatable bonds is 7. The van der Waals surface area contributed by atoms with Gasteiger partial charge in [-0.3, -0.25) is 9.80 Å². The molecule has 182 valence electrons. The number of hydrogen-bond acceptors (Lipinski definition) is 5. The smallest absolute Gasteiger partial charge is 0.411 e. The van der Waals surface area contributed by atoms with Crippen molar-refractivity contribution in [1.82, 2.24) is 9.80 Å². The first-order chi connectivity index (χ1) is 16.3. The fraction of sp³-hybridized carbons (Fsp3) is 0.500. The zero-order valence-electron chi connectivity index (χ0n) is 20.6. The zero-order chi connectivity index (χ0) is 24.3. The first-order valence-electron chi connectivity index (χ1n) is 12.3. The minimum Gasteiger partial charge on any atom is -0.464 e. The van der Waals surface area contributed by atoms with Crippen LogP contribution in [0, 0.1) is 5.92 Å². The second-order valence-corrected chi connectivity index (χ2v) is 10.3. The summed E-state index contributed by atoms with van der Waals surface area (Å²) in [5.74, 6) is -0.325. The molecule has 2 bridgehead atoms. The number of benzene rings is 2. The Labute approximate surface area is 202 Å². The number of hydrogen-bond donors (Lipinski definition) is 0. The molecule has 1 saturated carbocycles. The quantitative estimate of drug-likeness (QED) is 0.539. The predicted octanol–water partition coefficient (Wildman–Crippen LogP) is 5.02. The van der Waals surface area contributed by atoms with Crippen LogP contribution in [-0.4, -0.2) is 52.2 Å². The SMILES string of the molecule is CCOC(=O)[C@@H]1[C@@H]2C[C@@H](C[C@H]2N(Cc2ccccc2)Cc2ccccc2)N1C(=O)OC(C)(C)C. The second kappa shape index (κ2) is 10.2. The maximum absolute atomic E-state index is 13.1. The van der Waals surface area contributed by atoms with Crippen LogP contribution in [0.4, 0.5) is 4.79 Å². The monoisotopic (exact) mass is 464 g/mol. The molecule has 4 rings (SSSR count). The number of nitrogens with zero attached hydrogens (tertiary/aromatic N) is 2. The Morgan fingerprint density at radius 2 is 1.50 bits per heavy atom. The summed E-state index contributed by atoms with van der Waals surface area (Å²) in [6.07, 6.45) is 1.18. The van der Waals surface area contributed by atoms with E-state index < -0.39 is 17.7 Å². The predicted molar refractivity (Wildman–Crippen MR) is 131 cm³/mol. The van der Waals surface area contributed by atoms with Crippen LogP contribution in [0.15, 0.2) is 60.7 Å². The molecule has 0 spiro atoms. The highest BCUT2D eigenvalue weighted by molar-refractivity contribution is 5.83. The molecular weight excluding hydrogens is 428 g/mol. The topological polar surface area (TPSA) is 59.1 Å². The van der Waals surface area contributed by atoms with E-state index in [-0.39, 0.29) is 30.6 Å². The molecule has 6 nitrogen and oxygen atoms in total. The Balaban J connectivity index is 1.61. The molecule has 4 atom stereocenters. The Kier molecular flexibility index (Phi) is 7.27. The van der Waals surface area contributed by atoms with Gasteiger partial charge in [-0.1, -0.05) is 60.7 Å². The lowest BCUT2D eigenvalue weighted by Gasteiger charge is -2.42. The number of likely N-dealkylation sites (tertiary alicyclic amines) is 1. The van der Waals surface area contributed by atoms with E-state index in [1.165, 1.54) is 11.1 Å². The van der Waals surface area contributed by atoms with Crippen LogP contribution in [0.1, 0.15) is 51.7 Å². The Morgan fingerprint density at radius 1 is 0.941 bits per heavy atom. The third kappa shape index (κ3) is 5.44. The van der Waals surface area contributed by atoms with Crippen LogP contribution < -0.4 is 0 Å². The van der Waals surface area contributed by atoms with Gasteiger partial charge in [-0.25, -0.2) is 9.59 Å². The third-order valence-electron chi connectivity index (χ3n) is 6.71. The van der Waals surface area contributed by atoms with Crippen LogP contribution >= 0.6 is 0 Å². The Morgan fingerprint density at radius 3 is 2.00 bits per heavy atom. The molecule has 2 fully saturated rings. The molecule has 1 heterocycles. The molecular formula is C28H36N2O4. The van der Waals surface area contributed by atoms with E-state index in [2.05, 4.69) is 53.4 Å². The van der Waals surface area contributed by atoms with E-state index in [9.17, 15) is 9.59 Å². The molecule has 1 amide bonds. The highest BCUT2D eigenvalue weighted by Gasteiger charge is 2.58. The summed E-state index contributed by atoms with van der Waals surface area (Å²) in [4.78, 5) is 30.3. The first kappa shape index (κ1) is 24.3. The lowest BCUT2D eigenvalue weighted by Crippen LogP contribution is -2.57. The van der Waals surface area contributed by atoms with Gasteiger partial charge < -0.3 is 9.47 Å². The largest absolute Gasteiger partial charge is 0.464 e. The van der Waals surface area contributed by atoms with Gasteiger partial charge >= 0.3 is 12.1 Å². The summed E-state index contributed by atoms with van der Waals surface area (Å²) in [7, 11) is 0. The van der Waals surface area contributed by atoms with Crippen LogP contribution in [0.25, 0.3) is 0 Å². The van der Waals surface area contributed by atoms with Crippen molar-refractivity contribution in [3.63, 3.8) is 0 Å². The van der Waals surface area contributed by atoms with E-state index in [1.807, 2.05) is 32.9 Å². The number of piperidine rings is 1. The summed E-state index contributed by atoms with van der Waals surface area (Å²) >= 11 is 0. The van der Waals surface area contributed by atoms with Crippen molar-refractivity contribution in [2.75, 3.05) is 6.61 Å². The lowest BCUT2D eigenvalue weighted by molar-refractivity contribution is -0.152. The van der Waals surface area contributed by atoms with Crippen molar-refractivity contribution in [3.05, 3.63) is 71.8 Å². The van der Waals surface area contributed by atoms with Gasteiger partial charge in [0, 0.05) is 31.1 Å². The van der Waals surface area contributed by atoms with Crippen LogP contribution in [0.2, 0.25) is 0 Å². The van der Waals surface area contributed by atoms with Gasteiger partial charge in [0.1, 0.15) is 11.6 Å². The third-order valence-corrected chi connectivity index (χ3v) is 6.71. The van der Waals surface area contributed by atoms with Gasteiger partial charge in [-0.15, -0.1) is 0 Å². The molecule has 1 aliphatic heterocycles. The number of fused-ring (bicyclic) bond motifs is 2. The van der Waals surface area contributed by atoms with Gasteiger partial charge in [0.2, 0.25) is 0 Å². The van der Waals surface area contributed by atoms with Crippen LogP contribution in [0.3, 0.4) is 0 Å². The number of carbonyl (C=O) groups excluding carboxylic acids is 2. The molecule has 2 aromatic rings. The van der Waals surface area contributed by atoms with E-state index in [1.54, 1.807) is 11.8 Å². The van der Waals surface area contributed by atoms with E-state index in [4.69, 9.17) is 9.47 Å². The molecule has 0 N–H and O–H groups in total. The van der Waals surface area contributed by atoms with Crippen LogP contribution in [-0.2, 0) is 27.4 Å². The van der Waals surface area contributed by atoms with Gasteiger partial charge in [-0.05, 0) is 51.7 Å². The zero-order valence-corrected chi connectivity index (χ0v) is 20.6. The summed E-state index contributed by atoms with van der Waals surface area (Å²) < 4.78 is 11.1. The summed E-state index contributed by atoms with van der Waals surface area (Å²) in [5.41, 5.74) is 1.85. The molecule has 0 radical (unpaired) electrons. The van der Waals surface area contributed by atoms with Gasteiger partial charge in [-0.2, -0.15) is 0 Å². The lowest BCUT2D eigenvalue weighted by atomic mass is 9.91. The Hall–Kier alpha value is -2.86. The summed E-state index contributed by atoms with van der Waals surface area (Å²) in [6.45, 7) is 9.21. The first-order valence-corrected chi connectivity index (χ1v) is 12.3. The average Bonchev–Trinajstić information content (AvgIpc) is 3.38. The van der Waals surface area contributed by atoms with Gasteiger partial charge in [0.25, 0.3) is 0 Å². The maximum Gasteiger partial charge on any atom is 0.411 e. The van der Waals surface area contributed by atoms with Crippen LogP contribution in [0.5, 0.6) is 0 Å². The molecule has 2 aromatic carbocycles. The molecule has 6 heteroatoms. The normalized spacial score (nSPS) is 23.9. The highest BCUT2D eigenvalue weighted by Crippen LogP contribution is 2.46. The fourth-order valence-electron chi connectivity index (χ4n) is 5.46. The highest BCUT2D eigenvalue weighted by atomic mass is 16.6. The number of amides is 1. The standard InChI is InChI=1S/C28H36N2O4/c1-5-33-26(31)25-23-16-22(30(25)27(32)34-28(2,3)4)17-24(23)29(18-20-12-8-6-9-13-20)19-21-14-10-7-11-15-21/h6-15,22-25H,5,16-19H2,1-4H3/t22-,23+,24+,25-/m0/s1. The van der Waals surface area contributed by atoms with Crippen molar-refractivity contribution in [3.8, 4) is 0 Å². The Bertz CT molecular complexity index is 931. The van der Waals surface area contributed by atoms with Crippen molar-refractivity contribution in [1.29, 1.82) is 0 Å². The van der Waals surface area contributed by atoms with Crippen molar-refractivity contribution in [2.24, 2.45) is 5.92 Å². The molecule has 34 heavy (non-hydrogen) atoms. The molecule has 2 aliphatic rings.